The van der Waals surface area contributed by atoms with Gasteiger partial charge in [-0.1, -0.05) is 67.6 Å². The quantitative estimate of drug-likeness (QED) is 0.553. The number of rotatable bonds is 8. The van der Waals surface area contributed by atoms with Gasteiger partial charge in [0.05, 0.1) is 6.54 Å². The van der Waals surface area contributed by atoms with Crippen molar-refractivity contribution in [3.05, 3.63) is 89.5 Å². The molecule has 1 amide bonds. The Hall–Kier alpha value is -3.31. The Bertz CT molecular complexity index is 1020. The molecule has 0 fully saturated rings. The van der Waals surface area contributed by atoms with Gasteiger partial charge in [-0.15, -0.1) is 0 Å². The maximum absolute atomic E-state index is 12.6. The third kappa shape index (κ3) is 4.78. The van der Waals surface area contributed by atoms with Crippen LogP contribution in [-0.2, 0) is 11.2 Å². The molecule has 32 heavy (non-hydrogen) atoms. The molecule has 1 atom stereocenters. The molecule has 0 radical (unpaired) electrons. The zero-order chi connectivity index (χ0) is 22.5. The second kappa shape index (κ2) is 9.88. The van der Waals surface area contributed by atoms with Crippen LogP contribution in [0.25, 0.3) is 11.1 Å². The summed E-state index contributed by atoms with van der Waals surface area (Å²) in [7, 11) is 1.62. The van der Waals surface area contributed by atoms with Crippen LogP contribution >= 0.6 is 0 Å². The molecular formula is C27H29NO4. The number of aliphatic hydroxyl groups excluding tert-OH is 1. The van der Waals surface area contributed by atoms with Crippen molar-refractivity contribution in [2.24, 2.45) is 0 Å². The second-order valence-corrected chi connectivity index (χ2v) is 8.15. The summed E-state index contributed by atoms with van der Waals surface area (Å²) >= 11 is 0. The standard InChI is InChI=1S/C27H29NO4/c1-3-19-12-14-21(15-13-19)31-17-20(29)16-28(2)27(30)32-18-26-24-10-6-4-8-22(24)23-9-5-7-11-25(23)26/h4-15,20,26,29H,3,16-18H2,1-2H3. The van der Waals surface area contributed by atoms with E-state index >= 15 is 0 Å². The number of likely N-dealkylation sites (N-methyl/N-ethyl adjacent to an activating group) is 1. The van der Waals surface area contributed by atoms with E-state index in [9.17, 15) is 9.90 Å². The third-order valence-corrected chi connectivity index (χ3v) is 5.91. The van der Waals surface area contributed by atoms with Crippen LogP contribution < -0.4 is 4.74 Å². The minimum absolute atomic E-state index is 0.0131. The second-order valence-electron chi connectivity index (χ2n) is 8.15. The summed E-state index contributed by atoms with van der Waals surface area (Å²) in [6, 6.07) is 24.3. The van der Waals surface area contributed by atoms with Gasteiger partial charge in [-0.05, 0) is 46.4 Å². The molecule has 1 unspecified atom stereocenters. The molecule has 0 bridgehead atoms. The van der Waals surface area contributed by atoms with Crippen LogP contribution in [0.3, 0.4) is 0 Å². The summed E-state index contributed by atoms with van der Waals surface area (Å²) in [4.78, 5) is 13.9. The van der Waals surface area contributed by atoms with E-state index in [1.165, 1.54) is 32.7 Å². The number of ether oxygens (including phenoxy) is 2. The normalized spacial score (nSPS) is 13.2. The predicted octanol–water partition coefficient (Wildman–Crippen LogP) is 4.87. The predicted molar refractivity (Wildman–Crippen MR) is 125 cm³/mol. The van der Waals surface area contributed by atoms with Gasteiger partial charge in [-0.25, -0.2) is 4.79 Å². The summed E-state index contributed by atoms with van der Waals surface area (Å²) < 4.78 is 11.3. The molecule has 5 heteroatoms. The summed E-state index contributed by atoms with van der Waals surface area (Å²) in [5, 5.41) is 10.3. The van der Waals surface area contributed by atoms with Gasteiger partial charge in [0, 0.05) is 13.0 Å². The average molecular weight is 432 g/mol. The lowest BCUT2D eigenvalue weighted by Crippen LogP contribution is -2.37. The minimum Gasteiger partial charge on any atom is -0.491 e. The van der Waals surface area contributed by atoms with Gasteiger partial charge >= 0.3 is 6.09 Å². The van der Waals surface area contributed by atoms with E-state index in [0.29, 0.717) is 5.75 Å². The van der Waals surface area contributed by atoms with Crippen LogP contribution in [0.4, 0.5) is 4.79 Å². The highest BCUT2D eigenvalue weighted by Gasteiger charge is 2.29. The summed E-state index contributed by atoms with van der Waals surface area (Å²) in [5.74, 6) is 0.712. The Balaban J connectivity index is 1.29. The SMILES string of the molecule is CCc1ccc(OCC(O)CN(C)C(=O)OCC2c3ccccc3-c3ccccc32)cc1. The maximum atomic E-state index is 12.6. The van der Waals surface area contributed by atoms with E-state index < -0.39 is 12.2 Å². The number of aryl methyl sites for hydroxylation is 1. The van der Waals surface area contributed by atoms with Gasteiger partial charge in [0.15, 0.2) is 0 Å². The Morgan fingerprint density at radius 3 is 2.16 bits per heavy atom. The average Bonchev–Trinajstić information content (AvgIpc) is 3.15. The molecule has 0 heterocycles. The molecule has 1 N–H and O–H groups in total. The van der Waals surface area contributed by atoms with Gasteiger partial charge in [0.1, 0.15) is 25.1 Å². The van der Waals surface area contributed by atoms with E-state index in [2.05, 4.69) is 31.2 Å². The summed E-state index contributed by atoms with van der Waals surface area (Å²) in [6.45, 7) is 2.59. The number of hydrogen-bond donors (Lipinski definition) is 1. The van der Waals surface area contributed by atoms with Crippen molar-refractivity contribution in [2.75, 3.05) is 26.8 Å². The molecule has 0 saturated heterocycles. The highest BCUT2D eigenvalue weighted by Crippen LogP contribution is 2.44. The molecule has 166 valence electrons. The first kappa shape index (κ1) is 21.9. The number of fused-ring (bicyclic) bond motifs is 3. The van der Waals surface area contributed by atoms with Gasteiger partial charge in [0.2, 0.25) is 0 Å². The summed E-state index contributed by atoms with van der Waals surface area (Å²) in [5.41, 5.74) is 5.96. The lowest BCUT2D eigenvalue weighted by Gasteiger charge is -2.22. The van der Waals surface area contributed by atoms with Crippen LogP contribution in [0.5, 0.6) is 5.75 Å². The molecular weight excluding hydrogens is 402 g/mol. The molecule has 1 aliphatic rings. The van der Waals surface area contributed by atoms with E-state index in [0.717, 1.165) is 6.42 Å². The fourth-order valence-electron chi connectivity index (χ4n) is 4.16. The van der Waals surface area contributed by atoms with Crippen LogP contribution in [0.2, 0.25) is 0 Å². The number of carbonyl (C=O) groups is 1. The van der Waals surface area contributed by atoms with Crippen molar-refractivity contribution in [3.8, 4) is 16.9 Å². The molecule has 0 saturated carbocycles. The number of nitrogens with zero attached hydrogens (tertiary/aromatic N) is 1. The van der Waals surface area contributed by atoms with Crippen LogP contribution in [0.1, 0.15) is 29.5 Å². The van der Waals surface area contributed by atoms with Crippen molar-refractivity contribution in [2.45, 2.75) is 25.4 Å². The molecule has 3 aromatic carbocycles. The Morgan fingerprint density at radius 1 is 0.969 bits per heavy atom. The number of hydrogen-bond acceptors (Lipinski definition) is 4. The monoisotopic (exact) mass is 431 g/mol. The van der Waals surface area contributed by atoms with Crippen LogP contribution in [-0.4, -0.2) is 49.0 Å². The number of benzene rings is 3. The molecule has 5 nitrogen and oxygen atoms in total. The largest absolute Gasteiger partial charge is 0.491 e. The zero-order valence-corrected chi connectivity index (χ0v) is 18.5. The Labute approximate surface area is 189 Å². The highest BCUT2D eigenvalue weighted by molar-refractivity contribution is 5.79. The van der Waals surface area contributed by atoms with E-state index in [-0.39, 0.29) is 25.7 Å². The van der Waals surface area contributed by atoms with Crippen LogP contribution in [0.15, 0.2) is 72.8 Å². The molecule has 0 spiro atoms. The van der Waals surface area contributed by atoms with Crippen molar-refractivity contribution in [1.29, 1.82) is 0 Å². The first-order valence-corrected chi connectivity index (χ1v) is 11.0. The first-order chi connectivity index (χ1) is 15.6. The van der Waals surface area contributed by atoms with E-state index in [4.69, 9.17) is 9.47 Å². The van der Waals surface area contributed by atoms with Gasteiger partial charge < -0.3 is 19.5 Å². The molecule has 4 rings (SSSR count). The van der Waals surface area contributed by atoms with Crippen molar-refractivity contribution < 1.29 is 19.4 Å². The maximum Gasteiger partial charge on any atom is 0.409 e. The third-order valence-electron chi connectivity index (χ3n) is 5.91. The fraction of sp³-hybridized carbons (Fsp3) is 0.296. The lowest BCUT2D eigenvalue weighted by molar-refractivity contribution is 0.0599. The number of amides is 1. The van der Waals surface area contributed by atoms with Crippen molar-refractivity contribution in [3.63, 3.8) is 0 Å². The number of aliphatic hydroxyl groups is 1. The van der Waals surface area contributed by atoms with Crippen molar-refractivity contribution in [1.82, 2.24) is 4.90 Å². The molecule has 0 aromatic heterocycles. The Morgan fingerprint density at radius 2 is 1.56 bits per heavy atom. The lowest BCUT2D eigenvalue weighted by atomic mass is 9.98. The van der Waals surface area contributed by atoms with E-state index in [1.807, 2.05) is 48.5 Å². The fourth-order valence-corrected chi connectivity index (χ4v) is 4.16. The van der Waals surface area contributed by atoms with Gasteiger partial charge in [0.25, 0.3) is 0 Å². The van der Waals surface area contributed by atoms with Gasteiger partial charge in [-0.3, -0.25) is 0 Å². The smallest absolute Gasteiger partial charge is 0.409 e. The van der Waals surface area contributed by atoms with E-state index in [1.54, 1.807) is 7.05 Å². The highest BCUT2D eigenvalue weighted by atomic mass is 16.6. The topological polar surface area (TPSA) is 59.0 Å². The first-order valence-electron chi connectivity index (χ1n) is 11.0. The molecule has 3 aromatic rings. The van der Waals surface area contributed by atoms with Gasteiger partial charge in [-0.2, -0.15) is 0 Å². The van der Waals surface area contributed by atoms with Crippen LogP contribution in [0, 0.1) is 0 Å². The zero-order valence-electron chi connectivity index (χ0n) is 18.5. The molecule has 0 aliphatic heterocycles. The summed E-state index contributed by atoms with van der Waals surface area (Å²) in [6.07, 6.45) is -0.307. The Kier molecular flexibility index (Phi) is 6.76. The number of carbonyl (C=O) groups excluding carboxylic acids is 1. The minimum atomic E-state index is -0.814. The molecule has 1 aliphatic carbocycles. The van der Waals surface area contributed by atoms with Crippen molar-refractivity contribution >= 4 is 6.09 Å².